The van der Waals surface area contributed by atoms with E-state index in [2.05, 4.69) is 15.0 Å². The Hall–Kier alpha value is -3.49. The number of carbonyl (C=O) groups excluding carboxylic acids is 1. The molecule has 0 aliphatic rings. The van der Waals surface area contributed by atoms with Crippen molar-refractivity contribution < 1.29 is 17.6 Å². The Morgan fingerprint density at radius 1 is 0.933 bits per heavy atom. The second kappa shape index (κ2) is 8.48. The lowest BCUT2D eigenvalue weighted by Gasteiger charge is -2.10. The first-order chi connectivity index (χ1) is 14.5. The topological polar surface area (TPSA) is 101 Å². The molecule has 0 bridgehead atoms. The number of nitrogens with one attached hydrogen (secondary N) is 2. The Morgan fingerprint density at radius 3 is 2.47 bits per heavy atom. The molecule has 0 spiro atoms. The Bertz CT molecular complexity index is 1270. The minimum absolute atomic E-state index is 0.0665. The van der Waals surface area contributed by atoms with Gasteiger partial charge in [-0.15, -0.1) is 0 Å². The molecule has 0 atom stereocenters. The molecule has 2 heterocycles. The van der Waals surface area contributed by atoms with Gasteiger partial charge in [0.1, 0.15) is 5.69 Å². The van der Waals surface area contributed by atoms with Crippen molar-refractivity contribution in [2.45, 2.75) is 4.90 Å². The van der Waals surface area contributed by atoms with Crippen molar-refractivity contribution in [3.05, 3.63) is 84.6 Å². The Labute approximate surface area is 173 Å². The molecular formula is C22H19N3O4S. The summed E-state index contributed by atoms with van der Waals surface area (Å²) in [5.74, 6) is 0.241. The standard InChI is InChI=1S/C22H19N3O4S/c26-22(23-12-13-24-30(27,28)16-7-2-1-3-8-16)18-15-20(21-11-6-14-29-21)25-19-10-5-4-9-17(18)19/h1-11,14-15,24H,12-13H2,(H,23,26). The number of aromatic nitrogens is 1. The molecule has 1 amide bonds. The van der Waals surface area contributed by atoms with Gasteiger partial charge in [-0.1, -0.05) is 36.4 Å². The summed E-state index contributed by atoms with van der Waals surface area (Å²) in [6.07, 6.45) is 1.55. The van der Waals surface area contributed by atoms with Crippen LogP contribution in [0.1, 0.15) is 10.4 Å². The number of sulfonamides is 1. The van der Waals surface area contributed by atoms with Crippen molar-refractivity contribution >= 4 is 26.8 Å². The lowest BCUT2D eigenvalue weighted by atomic mass is 10.1. The Kier molecular flexibility index (Phi) is 5.60. The second-order valence-corrected chi connectivity index (χ2v) is 8.28. The van der Waals surface area contributed by atoms with E-state index in [0.717, 1.165) is 0 Å². The van der Waals surface area contributed by atoms with E-state index in [9.17, 15) is 13.2 Å². The van der Waals surface area contributed by atoms with Crippen LogP contribution in [0.25, 0.3) is 22.4 Å². The maximum atomic E-state index is 12.8. The van der Waals surface area contributed by atoms with E-state index < -0.39 is 10.0 Å². The van der Waals surface area contributed by atoms with E-state index in [0.29, 0.717) is 27.9 Å². The van der Waals surface area contributed by atoms with Gasteiger partial charge in [0.05, 0.1) is 22.2 Å². The highest BCUT2D eigenvalue weighted by Gasteiger charge is 2.16. The third kappa shape index (κ3) is 4.24. The smallest absolute Gasteiger partial charge is 0.252 e. The van der Waals surface area contributed by atoms with Gasteiger partial charge in [0.2, 0.25) is 10.0 Å². The van der Waals surface area contributed by atoms with E-state index >= 15 is 0 Å². The molecule has 0 aliphatic carbocycles. The van der Waals surface area contributed by atoms with Crippen molar-refractivity contribution in [1.29, 1.82) is 0 Å². The van der Waals surface area contributed by atoms with Gasteiger partial charge in [-0.05, 0) is 36.4 Å². The predicted octanol–water partition coefficient (Wildman–Crippen LogP) is 3.20. The van der Waals surface area contributed by atoms with Crippen LogP contribution in [0.5, 0.6) is 0 Å². The number of nitrogens with zero attached hydrogens (tertiary/aromatic N) is 1. The molecular weight excluding hydrogens is 402 g/mol. The van der Waals surface area contributed by atoms with Crippen LogP contribution in [0.2, 0.25) is 0 Å². The molecule has 2 aromatic heterocycles. The first-order valence-corrected chi connectivity index (χ1v) is 10.8. The molecule has 30 heavy (non-hydrogen) atoms. The molecule has 7 nitrogen and oxygen atoms in total. The third-order valence-electron chi connectivity index (χ3n) is 4.49. The number of fused-ring (bicyclic) bond motifs is 1. The number of hydrogen-bond acceptors (Lipinski definition) is 5. The van der Waals surface area contributed by atoms with Gasteiger partial charge >= 0.3 is 0 Å². The fraction of sp³-hybridized carbons (Fsp3) is 0.0909. The molecule has 2 N–H and O–H groups in total. The molecule has 8 heteroatoms. The van der Waals surface area contributed by atoms with Crippen LogP contribution in [-0.2, 0) is 10.0 Å². The van der Waals surface area contributed by atoms with E-state index in [-0.39, 0.29) is 23.9 Å². The van der Waals surface area contributed by atoms with Crippen LogP contribution in [0.4, 0.5) is 0 Å². The number of benzene rings is 2. The number of rotatable bonds is 7. The quantitative estimate of drug-likeness (QED) is 0.446. The first kappa shape index (κ1) is 19.8. The normalized spacial score (nSPS) is 11.5. The zero-order valence-electron chi connectivity index (χ0n) is 15.9. The summed E-state index contributed by atoms with van der Waals surface area (Å²) in [6, 6.07) is 20.6. The Morgan fingerprint density at radius 2 is 1.70 bits per heavy atom. The van der Waals surface area contributed by atoms with E-state index in [1.165, 1.54) is 12.1 Å². The largest absolute Gasteiger partial charge is 0.463 e. The fourth-order valence-electron chi connectivity index (χ4n) is 3.05. The minimum atomic E-state index is -3.62. The Balaban J connectivity index is 1.48. The summed E-state index contributed by atoms with van der Waals surface area (Å²) in [6.45, 7) is 0.203. The molecule has 0 radical (unpaired) electrons. The van der Waals surface area contributed by atoms with Crippen molar-refractivity contribution in [2.24, 2.45) is 0 Å². The van der Waals surface area contributed by atoms with Gasteiger partial charge in [-0.25, -0.2) is 18.1 Å². The van der Waals surface area contributed by atoms with Crippen molar-refractivity contribution in [1.82, 2.24) is 15.0 Å². The molecule has 0 fully saturated rings. The molecule has 0 aliphatic heterocycles. The monoisotopic (exact) mass is 421 g/mol. The maximum absolute atomic E-state index is 12.8. The summed E-state index contributed by atoms with van der Waals surface area (Å²) in [7, 11) is -3.62. The molecule has 0 saturated heterocycles. The highest BCUT2D eigenvalue weighted by molar-refractivity contribution is 7.89. The lowest BCUT2D eigenvalue weighted by molar-refractivity contribution is 0.0956. The molecule has 152 valence electrons. The van der Waals surface area contributed by atoms with Gasteiger partial charge in [-0.2, -0.15) is 0 Å². The van der Waals surface area contributed by atoms with E-state index in [1.807, 2.05) is 24.3 Å². The van der Waals surface area contributed by atoms with Crippen LogP contribution in [0, 0.1) is 0 Å². The number of hydrogen-bond donors (Lipinski definition) is 2. The molecule has 4 aromatic rings. The third-order valence-corrected chi connectivity index (χ3v) is 5.97. The molecule has 4 rings (SSSR count). The van der Waals surface area contributed by atoms with Crippen molar-refractivity contribution in [2.75, 3.05) is 13.1 Å². The minimum Gasteiger partial charge on any atom is -0.463 e. The van der Waals surface area contributed by atoms with E-state index in [1.54, 1.807) is 42.7 Å². The van der Waals surface area contributed by atoms with E-state index in [4.69, 9.17) is 4.42 Å². The predicted molar refractivity (Wildman–Crippen MR) is 113 cm³/mol. The zero-order chi connectivity index (χ0) is 21.0. The van der Waals surface area contributed by atoms with Crippen LogP contribution in [0.15, 0.2) is 88.4 Å². The van der Waals surface area contributed by atoms with Crippen LogP contribution in [0.3, 0.4) is 0 Å². The number of amides is 1. The highest BCUT2D eigenvalue weighted by atomic mass is 32.2. The average molecular weight is 421 g/mol. The molecule has 2 aromatic carbocycles. The number of carbonyl (C=O) groups is 1. The summed E-state index contributed by atoms with van der Waals surface area (Å²) in [5, 5.41) is 3.47. The summed E-state index contributed by atoms with van der Waals surface area (Å²) in [5.41, 5.74) is 1.66. The molecule has 0 unspecified atom stereocenters. The van der Waals surface area contributed by atoms with Crippen LogP contribution >= 0.6 is 0 Å². The lowest BCUT2D eigenvalue weighted by Crippen LogP contribution is -2.34. The first-order valence-electron chi connectivity index (χ1n) is 9.31. The van der Waals surface area contributed by atoms with Gasteiger partial charge in [0.15, 0.2) is 5.76 Å². The SMILES string of the molecule is O=C(NCCNS(=O)(=O)c1ccccc1)c1cc(-c2ccco2)nc2ccccc12. The average Bonchev–Trinajstić information content (AvgIpc) is 3.31. The van der Waals surface area contributed by atoms with Gasteiger partial charge in [0.25, 0.3) is 5.91 Å². The second-order valence-electron chi connectivity index (χ2n) is 6.52. The number of para-hydroxylation sites is 1. The maximum Gasteiger partial charge on any atom is 0.252 e. The number of furan rings is 1. The van der Waals surface area contributed by atoms with Crippen LogP contribution in [-0.4, -0.2) is 32.4 Å². The molecule has 0 saturated carbocycles. The summed E-state index contributed by atoms with van der Waals surface area (Å²) < 4.78 is 32.4. The van der Waals surface area contributed by atoms with Gasteiger partial charge in [0, 0.05) is 18.5 Å². The fourth-order valence-corrected chi connectivity index (χ4v) is 4.11. The highest BCUT2D eigenvalue weighted by Crippen LogP contribution is 2.25. The van der Waals surface area contributed by atoms with Crippen molar-refractivity contribution in [3.63, 3.8) is 0 Å². The summed E-state index contributed by atoms with van der Waals surface area (Å²) in [4.78, 5) is 17.6. The van der Waals surface area contributed by atoms with Crippen LogP contribution < -0.4 is 10.0 Å². The summed E-state index contributed by atoms with van der Waals surface area (Å²) >= 11 is 0. The number of pyridine rings is 1. The van der Waals surface area contributed by atoms with Gasteiger partial charge < -0.3 is 9.73 Å². The zero-order valence-corrected chi connectivity index (χ0v) is 16.7. The van der Waals surface area contributed by atoms with Gasteiger partial charge in [-0.3, -0.25) is 4.79 Å². The van der Waals surface area contributed by atoms with Crippen molar-refractivity contribution in [3.8, 4) is 11.5 Å².